The van der Waals surface area contributed by atoms with E-state index in [1.807, 2.05) is 6.07 Å². The van der Waals surface area contributed by atoms with Gasteiger partial charge < -0.3 is 15.1 Å². The highest BCUT2D eigenvalue weighted by Crippen LogP contribution is 2.28. The zero-order valence-electron chi connectivity index (χ0n) is 18.0. The smallest absolute Gasteiger partial charge is 0.164 e. The van der Waals surface area contributed by atoms with Gasteiger partial charge in [-0.1, -0.05) is 86.2 Å². The van der Waals surface area contributed by atoms with Crippen molar-refractivity contribution in [3.05, 3.63) is 70.7 Å². The molecule has 2 aromatic rings. The van der Waals surface area contributed by atoms with Crippen LogP contribution in [0.15, 0.2) is 54.6 Å². The van der Waals surface area contributed by atoms with Gasteiger partial charge in [-0.15, -0.1) is 0 Å². The normalized spacial score (nSPS) is 12.4. The standard InChI is InChI=1S/C25H37ClNO2P/c26-25-16-10-15-24(21-25)23(20-22-12-6-5-7-13-22)14-8-3-1-2-4-9-17-27-18-11-19-30(28)29/h5-7,10,12-13,15-16,21,23,27-29H,1-4,8-9,11,14,17-20H2. The monoisotopic (exact) mass is 449 g/mol. The molecule has 3 N–H and O–H groups in total. The fraction of sp³-hybridized carbons (Fsp3) is 0.520. The van der Waals surface area contributed by atoms with E-state index in [0.717, 1.165) is 31.0 Å². The van der Waals surface area contributed by atoms with Gasteiger partial charge in [-0.2, -0.15) is 0 Å². The maximum Gasteiger partial charge on any atom is 0.164 e. The zero-order chi connectivity index (χ0) is 21.4. The van der Waals surface area contributed by atoms with E-state index < -0.39 is 8.38 Å². The van der Waals surface area contributed by atoms with Gasteiger partial charge in [-0.3, -0.25) is 0 Å². The number of hydrogen-bond donors (Lipinski definition) is 3. The third kappa shape index (κ3) is 11.4. The zero-order valence-corrected chi connectivity index (χ0v) is 19.6. The summed E-state index contributed by atoms with van der Waals surface area (Å²) in [5, 5.41) is 4.21. The molecule has 1 unspecified atom stereocenters. The first kappa shape index (κ1) is 25.3. The molecule has 0 aliphatic heterocycles. The van der Waals surface area contributed by atoms with Crippen molar-refractivity contribution in [3.63, 3.8) is 0 Å². The maximum atomic E-state index is 8.87. The van der Waals surface area contributed by atoms with Crippen molar-refractivity contribution in [2.45, 2.75) is 63.7 Å². The first-order chi connectivity index (χ1) is 14.6. The molecule has 0 aliphatic rings. The molecule has 0 spiro atoms. The Hall–Kier alpha value is -0.960. The quantitative estimate of drug-likeness (QED) is 0.198. The molecule has 1 atom stereocenters. The number of unbranched alkanes of at least 4 members (excludes halogenated alkanes) is 5. The molecule has 0 radical (unpaired) electrons. The Labute approximate surface area is 188 Å². The predicted octanol–water partition coefficient (Wildman–Crippen LogP) is 6.67. The number of nitrogens with one attached hydrogen (secondary N) is 1. The lowest BCUT2D eigenvalue weighted by atomic mass is 9.87. The van der Waals surface area contributed by atoms with E-state index in [-0.39, 0.29) is 0 Å². The minimum atomic E-state index is -1.72. The lowest BCUT2D eigenvalue weighted by Gasteiger charge is -2.18. The highest BCUT2D eigenvalue weighted by molar-refractivity contribution is 7.45. The molecule has 0 aromatic heterocycles. The van der Waals surface area contributed by atoms with Crippen molar-refractivity contribution < 1.29 is 9.79 Å². The molecule has 3 nitrogen and oxygen atoms in total. The molecule has 0 bridgehead atoms. The minimum Gasteiger partial charge on any atom is -0.350 e. The Balaban J connectivity index is 1.61. The first-order valence-electron chi connectivity index (χ1n) is 11.3. The number of hydrogen-bond acceptors (Lipinski definition) is 3. The van der Waals surface area contributed by atoms with Gasteiger partial charge in [0.25, 0.3) is 0 Å². The van der Waals surface area contributed by atoms with Crippen molar-refractivity contribution in [3.8, 4) is 0 Å². The Morgan fingerprint density at radius 3 is 2.23 bits per heavy atom. The molecule has 0 saturated carbocycles. The highest BCUT2D eigenvalue weighted by Gasteiger charge is 2.13. The Morgan fingerprint density at radius 1 is 0.800 bits per heavy atom. The van der Waals surface area contributed by atoms with E-state index in [9.17, 15) is 0 Å². The van der Waals surface area contributed by atoms with E-state index in [1.165, 1.54) is 56.1 Å². The Morgan fingerprint density at radius 2 is 1.50 bits per heavy atom. The SMILES string of the molecule is OP(O)CCCNCCCCCCCCC(Cc1ccccc1)c1cccc(Cl)c1. The van der Waals surface area contributed by atoms with Gasteiger partial charge >= 0.3 is 0 Å². The van der Waals surface area contributed by atoms with Gasteiger partial charge in [0.1, 0.15) is 0 Å². The van der Waals surface area contributed by atoms with Crippen molar-refractivity contribution in [2.24, 2.45) is 0 Å². The van der Waals surface area contributed by atoms with Gasteiger partial charge in [0.15, 0.2) is 8.38 Å². The van der Waals surface area contributed by atoms with E-state index in [4.69, 9.17) is 21.4 Å². The summed E-state index contributed by atoms with van der Waals surface area (Å²) in [6.45, 7) is 1.91. The predicted molar refractivity (Wildman–Crippen MR) is 130 cm³/mol. The summed E-state index contributed by atoms with van der Waals surface area (Å²) in [5.41, 5.74) is 2.75. The summed E-state index contributed by atoms with van der Waals surface area (Å²) in [4.78, 5) is 17.7. The van der Waals surface area contributed by atoms with Gasteiger partial charge in [-0.25, -0.2) is 0 Å². The molecular formula is C25H37ClNO2P. The van der Waals surface area contributed by atoms with Crippen LogP contribution in [0.2, 0.25) is 5.02 Å². The summed E-state index contributed by atoms with van der Waals surface area (Å²) >= 11 is 6.25. The van der Waals surface area contributed by atoms with E-state index in [1.54, 1.807) is 0 Å². The van der Waals surface area contributed by atoms with Crippen LogP contribution in [0.5, 0.6) is 0 Å². The van der Waals surface area contributed by atoms with Crippen LogP contribution in [-0.2, 0) is 6.42 Å². The second-order valence-electron chi connectivity index (χ2n) is 8.05. The Kier molecular flexibility index (Phi) is 13.3. The lowest BCUT2D eigenvalue weighted by Crippen LogP contribution is -2.17. The van der Waals surface area contributed by atoms with E-state index >= 15 is 0 Å². The van der Waals surface area contributed by atoms with Crippen LogP contribution in [0.1, 0.15) is 68.4 Å². The van der Waals surface area contributed by atoms with Crippen molar-refractivity contribution in [1.29, 1.82) is 0 Å². The molecule has 5 heteroatoms. The molecule has 166 valence electrons. The van der Waals surface area contributed by atoms with Crippen LogP contribution in [0.4, 0.5) is 0 Å². The largest absolute Gasteiger partial charge is 0.350 e. The molecule has 2 aromatic carbocycles. The topological polar surface area (TPSA) is 52.5 Å². The van der Waals surface area contributed by atoms with Crippen LogP contribution >= 0.6 is 20.0 Å². The number of rotatable bonds is 16. The molecule has 0 saturated heterocycles. The molecule has 0 fully saturated rings. The maximum absolute atomic E-state index is 8.87. The van der Waals surface area contributed by atoms with Crippen molar-refractivity contribution in [2.75, 3.05) is 19.3 Å². The molecule has 0 aliphatic carbocycles. The van der Waals surface area contributed by atoms with Crippen LogP contribution in [0.3, 0.4) is 0 Å². The van der Waals surface area contributed by atoms with Crippen LogP contribution < -0.4 is 5.32 Å². The third-order valence-electron chi connectivity index (χ3n) is 5.51. The average Bonchev–Trinajstić information content (AvgIpc) is 2.74. The molecule has 0 heterocycles. The molecule has 2 rings (SSSR count). The van der Waals surface area contributed by atoms with Crippen molar-refractivity contribution >= 4 is 20.0 Å². The van der Waals surface area contributed by atoms with Gasteiger partial charge in [0.05, 0.1) is 0 Å². The number of benzene rings is 2. The van der Waals surface area contributed by atoms with Crippen molar-refractivity contribution in [1.82, 2.24) is 5.32 Å². The number of halogens is 1. The first-order valence-corrected chi connectivity index (χ1v) is 13.1. The lowest BCUT2D eigenvalue weighted by molar-refractivity contribution is 0.478. The summed E-state index contributed by atoms with van der Waals surface area (Å²) in [5.74, 6) is 0.522. The summed E-state index contributed by atoms with van der Waals surface area (Å²) in [7, 11) is -1.72. The van der Waals surface area contributed by atoms with Crippen LogP contribution in [0.25, 0.3) is 0 Å². The summed E-state index contributed by atoms with van der Waals surface area (Å²) in [6, 6.07) is 19.1. The minimum absolute atomic E-state index is 0.517. The fourth-order valence-electron chi connectivity index (χ4n) is 3.86. The van der Waals surface area contributed by atoms with Gasteiger partial charge in [0, 0.05) is 11.2 Å². The summed E-state index contributed by atoms with van der Waals surface area (Å²) < 4.78 is 0. The second-order valence-corrected chi connectivity index (χ2v) is 9.68. The molecule has 0 amide bonds. The fourth-order valence-corrected chi connectivity index (χ4v) is 4.50. The van der Waals surface area contributed by atoms with Crippen LogP contribution in [-0.4, -0.2) is 29.0 Å². The average molecular weight is 450 g/mol. The van der Waals surface area contributed by atoms with Gasteiger partial charge in [0.2, 0.25) is 0 Å². The van der Waals surface area contributed by atoms with Crippen LogP contribution in [0, 0.1) is 0 Å². The van der Waals surface area contributed by atoms with E-state index in [0.29, 0.717) is 12.1 Å². The molecular weight excluding hydrogens is 413 g/mol. The molecule has 30 heavy (non-hydrogen) atoms. The highest BCUT2D eigenvalue weighted by atomic mass is 35.5. The Bertz CT molecular complexity index is 684. The van der Waals surface area contributed by atoms with E-state index in [2.05, 4.69) is 53.8 Å². The summed E-state index contributed by atoms with van der Waals surface area (Å²) in [6.07, 6.45) is 11.2. The van der Waals surface area contributed by atoms with Gasteiger partial charge in [-0.05, 0) is 68.0 Å². The second kappa shape index (κ2) is 15.8. The third-order valence-corrected chi connectivity index (χ3v) is 6.46.